The Morgan fingerprint density at radius 2 is 2.08 bits per heavy atom. The van der Waals surface area contributed by atoms with Gasteiger partial charge in [-0.3, -0.25) is 4.79 Å². The molecule has 1 aliphatic heterocycles. The fraction of sp³-hybridized carbons (Fsp3) is 0.667. The molecule has 0 aromatic heterocycles. The molecule has 0 saturated carbocycles. The van der Waals surface area contributed by atoms with Gasteiger partial charge in [0.05, 0.1) is 6.67 Å². The molecule has 0 fully saturated rings. The number of allylic oxidation sites excluding steroid dienone is 1. The molecule has 1 heterocycles. The Balaban J connectivity index is 2.97. The summed E-state index contributed by atoms with van der Waals surface area (Å²) in [5.41, 5.74) is 1.93. The first-order valence-electron chi connectivity index (χ1n) is 4.24. The Bertz CT molecular complexity index is 231. The molecule has 0 radical (unpaired) electrons. The van der Waals surface area contributed by atoms with E-state index in [1.54, 1.807) is 4.90 Å². The van der Waals surface area contributed by atoms with E-state index in [9.17, 15) is 4.79 Å². The minimum Gasteiger partial charge on any atom is -0.371 e. The average molecular weight is 168 g/mol. The molecule has 0 aromatic rings. The van der Waals surface area contributed by atoms with Crippen LogP contribution in [0.15, 0.2) is 11.3 Å². The van der Waals surface area contributed by atoms with Crippen LogP contribution in [0.3, 0.4) is 0 Å². The van der Waals surface area contributed by atoms with E-state index in [4.69, 9.17) is 0 Å². The largest absolute Gasteiger partial charge is 0.371 e. The zero-order valence-corrected chi connectivity index (χ0v) is 8.14. The van der Waals surface area contributed by atoms with Gasteiger partial charge in [-0.15, -0.1) is 0 Å². The summed E-state index contributed by atoms with van der Waals surface area (Å²) in [6.07, 6.45) is 0. The maximum absolute atomic E-state index is 11.6. The van der Waals surface area contributed by atoms with Gasteiger partial charge in [-0.2, -0.15) is 0 Å². The minimum absolute atomic E-state index is 0.154. The highest BCUT2D eigenvalue weighted by Gasteiger charge is 2.23. The molecule has 0 saturated heterocycles. The Kier molecular flexibility index (Phi) is 2.40. The van der Waals surface area contributed by atoms with E-state index in [1.165, 1.54) is 0 Å². The zero-order valence-electron chi connectivity index (χ0n) is 8.14. The monoisotopic (exact) mass is 168 g/mol. The van der Waals surface area contributed by atoms with Crippen molar-refractivity contribution in [3.63, 3.8) is 0 Å². The molecule has 0 aliphatic carbocycles. The number of amides is 1. The molecule has 1 aliphatic rings. The second-order valence-electron chi connectivity index (χ2n) is 3.53. The van der Waals surface area contributed by atoms with Crippen LogP contribution in [0.1, 0.15) is 20.8 Å². The Morgan fingerprint density at radius 1 is 1.50 bits per heavy atom. The summed E-state index contributed by atoms with van der Waals surface area (Å²) in [7, 11) is 1.81. The number of rotatable bonds is 1. The molecular formula is C9H16N2O. The van der Waals surface area contributed by atoms with Gasteiger partial charge in [-0.25, -0.2) is 0 Å². The first kappa shape index (κ1) is 9.10. The van der Waals surface area contributed by atoms with Crippen LogP contribution in [-0.4, -0.2) is 24.5 Å². The Labute approximate surface area is 73.4 Å². The van der Waals surface area contributed by atoms with Gasteiger partial charge in [-0.05, 0) is 12.8 Å². The summed E-state index contributed by atoms with van der Waals surface area (Å²) >= 11 is 0. The van der Waals surface area contributed by atoms with Crippen molar-refractivity contribution in [3.8, 4) is 0 Å². The third kappa shape index (κ3) is 1.44. The molecule has 0 aromatic carbocycles. The van der Waals surface area contributed by atoms with E-state index in [1.807, 2.05) is 27.8 Å². The molecule has 68 valence electrons. The van der Waals surface area contributed by atoms with Crippen molar-refractivity contribution >= 4 is 5.91 Å². The lowest BCUT2D eigenvalue weighted by Crippen LogP contribution is -2.43. The van der Waals surface area contributed by atoms with E-state index in [2.05, 4.69) is 5.32 Å². The van der Waals surface area contributed by atoms with Gasteiger partial charge in [0.25, 0.3) is 5.91 Å². The fourth-order valence-corrected chi connectivity index (χ4v) is 1.45. The molecule has 3 heteroatoms. The number of carbonyl (C=O) groups is 1. The van der Waals surface area contributed by atoms with Gasteiger partial charge in [0.2, 0.25) is 0 Å². The van der Waals surface area contributed by atoms with E-state index in [0.717, 1.165) is 11.3 Å². The molecule has 1 N–H and O–H groups in total. The van der Waals surface area contributed by atoms with Crippen LogP contribution >= 0.6 is 0 Å². The van der Waals surface area contributed by atoms with E-state index < -0.39 is 0 Å². The predicted molar refractivity (Wildman–Crippen MR) is 48.3 cm³/mol. The molecule has 0 bridgehead atoms. The quantitative estimate of drug-likeness (QED) is 0.632. The smallest absolute Gasteiger partial charge is 0.252 e. The molecule has 1 amide bonds. The van der Waals surface area contributed by atoms with Crippen LogP contribution in [0.25, 0.3) is 0 Å². The minimum atomic E-state index is 0.154. The van der Waals surface area contributed by atoms with Gasteiger partial charge < -0.3 is 10.2 Å². The van der Waals surface area contributed by atoms with E-state index in [-0.39, 0.29) is 5.91 Å². The van der Waals surface area contributed by atoms with E-state index in [0.29, 0.717) is 12.6 Å². The summed E-state index contributed by atoms with van der Waals surface area (Å²) in [6.45, 7) is 6.66. The number of nitrogens with one attached hydrogen (secondary N) is 1. The fourth-order valence-electron chi connectivity index (χ4n) is 1.45. The average Bonchev–Trinajstić information content (AvgIpc) is 1.97. The molecule has 12 heavy (non-hydrogen) atoms. The summed E-state index contributed by atoms with van der Waals surface area (Å²) in [5, 5.41) is 3.18. The highest BCUT2D eigenvalue weighted by Crippen LogP contribution is 2.18. The third-order valence-corrected chi connectivity index (χ3v) is 2.14. The van der Waals surface area contributed by atoms with Gasteiger partial charge in [-0.1, -0.05) is 13.8 Å². The van der Waals surface area contributed by atoms with Crippen LogP contribution in [0.5, 0.6) is 0 Å². The van der Waals surface area contributed by atoms with E-state index >= 15 is 0 Å². The topological polar surface area (TPSA) is 32.3 Å². The van der Waals surface area contributed by atoms with Gasteiger partial charge in [0.15, 0.2) is 0 Å². The molecule has 0 unspecified atom stereocenters. The molecule has 0 spiro atoms. The second kappa shape index (κ2) is 3.17. The second-order valence-corrected chi connectivity index (χ2v) is 3.53. The van der Waals surface area contributed by atoms with Crippen molar-refractivity contribution in [1.82, 2.24) is 10.2 Å². The first-order chi connectivity index (χ1) is 5.54. The van der Waals surface area contributed by atoms with Crippen LogP contribution in [0.4, 0.5) is 0 Å². The van der Waals surface area contributed by atoms with Gasteiger partial charge in [0.1, 0.15) is 0 Å². The molecule has 3 nitrogen and oxygen atoms in total. The van der Waals surface area contributed by atoms with Crippen molar-refractivity contribution in [2.24, 2.45) is 5.92 Å². The van der Waals surface area contributed by atoms with Crippen LogP contribution in [-0.2, 0) is 4.79 Å². The van der Waals surface area contributed by atoms with Crippen molar-refractivity contribution in [1.29, 1.82) is 0 Å². The maximum atomic E-state index is 11.6. The van der Waals surface area contributed by atoms with Crippen molar-refractivity contribution in [3.05, 3.63) is 11.3 Å². The van der Waals surface area contributed by atoms with Crippen LogP contribution < -0.4 is 5.32 Å². The maximum Gasteiger partial charge on any atom is 0.252 e. The highest BCUT2D eigenvalue weighted by atomic mass is 16.2. The predicted octanol–water partition coefficient (Wildman–Crippen LogP) is 0.935. The lowest BCUT2D eigenvalue weighted by molar-refractivity contribution is -0.127. The lowest BCUT2D eigenvalue weighted by atomic mass is 9.99. The summed E-state index contributed by atoms with van der Waals surface area (Å²) < 4.78 is 0. The third-order valence-electron chi connectivity index (χ3n) is 2.14. The number of likely N-dealkylation sites (N-methyl/N-ethyl adjacent to an activating group) is 1. The number of hydrogen-bond donors (Lipinski definition) is 1. The van der Waals surface area contributed by atoms with Crippen molar-refractivity contribution < 1.29 is 4.79 Å². The van der Waals surface area contributed by atoms with Crippen molar-refractivity contribution in [2.45, 2.75) is 20.8 Å². The standard InChI is InChI=1S/C9H16N2O/c1-6(2)8-7(3)10-5-11(4)9(8)12/h6,10H,5H2,1-4H3. The number of hydrogen-bond acceptors (Lipinski definition) is 2. The van der Waals surface area contributed by atoms with Crippen molar-refractivity contribution in [2.75, 3.05) is 13.7 Å². The summed E-state index contributed by atoms with van der Waals surface area (Å²) in [6, 6.07) is 0. The first-order valence-corrected chi connectivity index (χ1v) is 4.24. The molecule has 0 atom stereocenters. The summed E-state index contributed by atoms with van der Waals surface area (Å²) in [5.74, 6) is 0.453. The Morgan fingerprint density at radius 3 is 2.50 bits per heavy atom. The number of carbonyl (C=O) groups excluding carboxylic acids is 1. The number of nitrogens with zero attached hydrogens (tertiary/aromatic N) is 1. The molecule has 1 rings (SSSR count). The SMILES string of the molecule is CC1=C(C(C)C)C(=O)N(C)CN1. The zero-order chi connectivity index (χ0) is 9.30. The highest BCUT2D eigenvalue weighted by molar-refractivity contribution is 5.95. The summed E-state index contributed by atoms with van der Waals surface area (Å²) in [4.78, 5) is 13.3. The molecular weight excluding hydrogens is 152 g/mol. The van der Waals surface area contributed by atoms with Gasteiger partial charge >= 0.3 is 0 Å². The lowest BCUT2D eigenvalue weighted by Gasteiger charge is -2.29. The van der Waals surface area contributed by atoms with Crippen LogP contribution in [0, 0.1) is 5.92 Å². The van der Waals surface area contributed by atoms with Crippen LogP contribution in [0.2, 0.25) is 0 Å². The van der Waals surface area contributed by atoms with Gasteiger partial charge in [0, 0.05) is 18.3 Å². The Hall–Kier alpha value is -0.990. The normalized spacial score (nSPS) is 18.8.